The van der Waals surface area contributed by atoms with Crippen LogP contribution in [0.15, 0.2) is 18.3 Å². The minimum atomic E-state index is -0.212. The number of carbonyl (C=O) groups excluding carboxylic acids is 1. The van der Waals surface area contributed by atoms with E-state index in [1.165, 1.54) is 6.20 Å². The molecule has 92 valence electrons. The Kier molecular flexibility index (Phi) is 4.30. The van der Waals surface area contributed by atoms with Crippen molar-refractivity contribution in [2.45, 2.75) is 6.10 Å². The number of rotatable bonds is 3. The van der Waals surface area contributed by atoms with Gasteiger partial charge in [0, 0.05) is 25.8 Å². The van der Waals surface area contributed by atoms with Gasteiger partial charge < -0.3 is 15.4 Å². The fraction of sp³-hybridized carbons (Fsp3) is 0.455. The van der Waals surface area contributed by atoms with Gasteiger partial charge in [-0.05, 0) is 12.1 Å². The second-order valence-corrected chi connectivity index (χ2v) is 4.21. The Morgan fingerprint density at radius 2 is 2.53 bits per heavy atom. The van der Waals surface area contributed by atoms with Gasteiger partial charge in [0.25, 0.3) is 5.91 Å². The summed E-state index contributed by atoms with van der Waals surface area (Å²) in [5, 5.41) is 6.49. The van der Waals surface area contributed by atoms with Crippen molar-refractivity contribution in [3.8, 4) is 0 Å². The predicted octanol–water partition coefficient (Wildman–Crippen LogP) is 0.453. The maximum absolute atomic E-state index is 11.7. The zero-order valence-corrected chi connectivity index (χ0v) is 10.0. The Hall–Kier alpha value is -1.17. The Morgan fingerprint density at radius 1 is 1.65 bits per heavy atom. The molecule has 0 saturated carbocycles. The first-order valence-electron chi connectivity index (χ1n) is 5.48. The van der Waals surface area contributed by atoms with E-state index in [2.05, 4.69) is 15.6 Å². The number of hydrogen-bond acceptors (Lipinski definition) is 4. The Balaban J connectivity index is 1.82. The summed E-state index contributed by atoms with van der Waals surface area (Å²) in [7, 11) is 0. The largest absolute Gasteiger partial charge is 0.374 e. The molecule has 2 heterocycles. The summed E-state index contributed by atoms with van der Waals surface area (Å²) in [6.07, 6.45) is 1.48. The van der Waals surface area contributed by atoms with Crippen LogP contribution in [-0.2, 0) is 4.74 Å². The Labute approximate surface area is 105 Å². The van der Waals surface area contributed by atoms with E-state index in [-0.39, 0.29) is 12.0 Å². The van der Waals surface area contributed by atoms with Gasteiger partial charge in [-0.2, -0.15) is 0 Å². The third-order valence-corrected chi connectivity index (χ3v) is 2.68. The van der Waals surface area contributed by atoms with E-state index in [1.54, 1.807) is 12.1 Å². The summed E-state index contributed by atoms with van der Waals surface area (Å²) in [5.41, 5.74) is 0.359. The van der Waals surface area contributed by atoms with Crippen molar-refractivity contribution < 1.29 is 9.53 Å². The molecule has 0 spiro atoms. The molecule has 2 rings (SSSR count). The van der Waals surface area contributed by atoms with E-state index in [9.17, 15) is 4.79 Å². The van der Waals surface area contributed by atoms with Crippen LogP contribution in [-0.4, -0.2) is 43.2 Å². The van der Waals surface area contributed by atoms with E-state index in [4.69, 9.17) is 16.3 Å². The fourth-order valence-corrected chi connectivity index (χ4v) is 1.67. The summed E-state index contributed by atoms with van der Waals surface area (Å²) in [4.78, 5) is 15.6. The van der Waals surface area contributed by atoms with Gasteiger partial charge in [-0.25, -0.2) is 4.98 Å². The van der Waals surface area contributed by atoms with Gasteiger partial charge in [0.2, 0.25) is 0 Å². The Bertz CT molecular complexity index is 377. The number of hydrogen-bond donors (Lipinski definition) is 2. The van der Waals surface area contributed by atoms with Crippen LogP contribution in [0.3, 0.4) is 0 Å². The molecule has 1 unspecified atom stereocenters. The van der Waals surface area contributed by atoms with Crippen molar-refractivity contribution >= 4 is 17.5 Å². The van der Waals surface area contributed by atoms with Crippen LogP contribution in [0.25, 0.3) is 0 Å². The molecular weight excluding hydrogens is 242 g/mol. The molecule has 5 nitrogen and oxygen atoms in total. The highest BCUT2D eigenvalue weighted by molar-refractivity contribution is 6.30. The molecule has 1 aromatic heterocycles. The molecule has 1 aliphatic heterocycles. The van der Waals surface area contributed by atoms with Gasteiger partial charge >= 0.3 is 0 Å². The average Bonchev–Trinajstić information content (AvgIpc) is 2.38. The van der Waals surface area contributed by atoms with Crippen molar-refractivity contribution in [2.75, 3.05) is 26.2 Å². The van der Waals surface area contributed by atoms with Crippen molar-refractivity contribution in [1.82, 2.24) is 15.6 Å². The zero-order chi connectivity index (χ0) is 12.1. The molecular formula is C11H14ClN3O2. The minimum absolute atomic E-state index is 0.0278. The van der Waals surface area contributed by atoms with Crippen molar-refractivity contribution in [3.05, 3.63) is 29.0 Å². The van der Waals surface area contributed by atoms with E-state index in [0.717, 1.165) is 13.1 Å². The molecule has 1 saturated heterocycles. The summed E-state index contributed by atoms with van der Waals surface area (Å²) in [6, 6.07) is 3.24. The quantitative estimate of drug-likeness (QED) is 0.824. The number of amides is 1. The van der Waals surface area contributed by atoms with Crippen LogP contribution in [0, 0.1) is 0 Å². The zero-order valence-electron chi connectivity index (χ0n) is 9.28. The molecule has 2 N–H and O–H groups in total. The predicted molar refractivity (Wildman–Crippen MR) is 64.2 cm³/mol. The second-order valence-electron chi connectivity index (χ2n) is 3.77. The molecule has 6 heteroatoms. The fourth-order valence-electron chi connectivity index (χ4n) is 1.56. The second kappa shape index (κ2) is 5.95. The van der Waals surface area contributed by atoms with E-state index in [0.29, 0.717) is 23.9 Å². The molecule has 1 aromatic rings. The average molecular weight is 256 g/mol. The molecule has 17 heavy (non-hydrogen) atoms. The highest BCUT2D eigenvalue weighted by atomic mass is 35.5. The highest BCUT2D eigenvalue weighted by Crippen LogP contribution is 2.06. The molecule has 0 aliphatic carbocycles. The summed E-state index contributed by atoms with van der Waals surface area (Å²) < 4.78 is 5.46. The van der Waals surface area contributed by atoms with Crippen LogP contribution in [0.1, 0.15) is 10.5 Å². The van der Waals surface area contributed by atoms with Crippen molar-refractivity contribution in [3.63, 3.8) is 0 Å². The van der Waals surface area contributed by atoms with E-state index in [1.807, 2.05) is 0 Å². The lowest BCUT2D eigenvalue weighted by Gasteiger charge is -2.23. The number of nitrogens with one attached hydrogen (secondary N) is 2. The van der Waals surface area contributed by atoms with Gasteiger partial charge in [-0.3, -0.25) is 4.79 Å². The lowest BCUT2D eigenvalue weighted by Crippen LogP contribution is -2.45. The van der Waals surface area contributed by atoms with Crippen LogP contribution in [0.2, 0.25) is 5.02 Å². The Morgan fingerprint density at radius 3 is 3.18 bits per heavy atom. The SMILES string of the molecule is O=C(NCC1CNCCO1)c1ccc(Cl)cn1. The number of nitrogens with zero attached hydrogens (tertiary/aromatic N) is 1. The lowest BCUT2D eigenvalue weighted by molar-refractivity contribution is 0.0287. The van der Waals surface area contributed by atoms with Crippen LogP contribution in [0.5, 0.6) is 0 Å². The molecule has 0 aromatic carbocycles. The molecule has 1 fully saturated rings. The monoisotopic (exact) mass is 255 g/mol. The van der Waals surface area contributed by atoms with E-state index >= 15 is 0 Å². The topological polar surface area (TPSA) is 63.2 Å². The molecule has 0 radical (unpaired) electrons. The normalized spacial score (nSPS) is 19.9. The van der Waals surface area contributed by atoms with Crippen LogP contribution < -0.4 is 10.6 Å². The molecule has 0 bridgehead atoms. The number of halogens is 1. The minimum Gasteiger partial charge on any atom is -0.374 e. The summed E-state index contributed by atoms with van der Waals surface area (Å²) >= 11 is 5.69. The lowest BCUT2D eigenvalue weighted by atomic mass is 10.3. The maximum Gasteiger partial charge on any atom is 0.269 e. The van der Waals surface area contributed by atoms with Crippen molar-refractivity contribution in [2.24, 2.45) is 0 Å². The molecule has 1 atom stereocenters. The maximum atomic E-state index is 11.7. The number of aromatic nitrogens is 1. The van der Waals surface area contributed by atoms with Gasteiger partial charge in [-0.15, -0.1) is 0 Å². The van der Waals surface area contributed by atoms with Crippen LogP contribution in [0.4, 0.5) is 0 Å². The number of pyridine rings is 1. The third-order valence-electron chi connectivity index (χ3n) is 2.45. The highest BCUT2D eigenvalue weighted by Gasteiger charge is 2.15. The van der Waals surface area contributed by atoms with Gasteiger partial charge in [0.1, 0.15) is 5.69 Å². The van der Waals surface area contributed by atoms with Gasteiger partial charge in [0.05, 0.1) is 17.7 Å². The smallest absolute Gasteiger partial charge is 0.269 e. The first-order valence-corrected chi connectivity index (χ1v) is 5.85. The standard InChI is InChI=1S/C11H14ClN3O2/c12-8-1-2-10(14-5-8)11(16)15-7-9-6-13-3-4-17-9/h1-2,5,9,13H,3-4,6-7H2,(H,15,16). The van der Waals surface area contributed by atoms with Crippen molar-refractivity contribution in [1.29, 1.82) is 0 Å². The molecule has 1 aliphatic rings. The first-order chi connectivity index (χ1) is 8.25. The number of carbonyl (C=O) groups is 1. The summed E-state index contributed by atoms with van der Waals surface area (Å²) in [6.45, 7) is 2.79. The van der Waals surface area contributed by atoms with Gasteiger partial charge in [0.15, 0.2) is 0 Å². The van der Waals surface area contributed by atoms with Gasteiger partial charge in [-0.1, -0.05) is 11.6 Å². The summed E-state index contributed by atoms with van der Waals surface area (Å²) in [5.74, 6) is -0.212. The first kappa shape index (κ1) is 12.3. The van der Waals surface area contributed by atoms with Crippen LogP contribution >= 0.6 is 11.6 Å². The number of ether oxygens (including phenoxy) is 1. The third kappa shape index (κ3) is 3.66. The molecule has 1 amide bonds. The van der Waals surface area contributed by atoms with E-state index < -0.39 is 0 Å². The number of morpholine rings is 1.